The van der Waals surface area contributed by atoms with E-state index in [4.69, 9.17) is 10.2 Å². The summed E-state index contributed by atoms with van der Waals surface area (Å²) in [4.78, 5) is 42.9. The lowest BCUT2D eigenvalue weighted by atomic mass is 9.88. The Bertz CT molecular complexity index is 1960. The second-order valence-corrected chi connectivity index (χ2v) is 18.5. The number of hydrogen-bond donors (Lipinski definition) is 6. The van der Waals surface area contributed by atoms with Gasteiger partial charge in [-0.15, -0.1) is 0 Å². The molecule has 3 atom stereocenters. The van der Waals surface area contributed by atoms with Crippen LogP contribution in [0.5, 0.6) is 0 Å². The molecule has 3 aliphatic carbocycles. The number of carbonyl (C=O) groups excluding carboxylic acids is 3. The lowest BCUT2D eigenvalue weighted by Crippen LogP contribution is -2.46. The number of alkyl halides is 1. The van der Waals surface area contributed by atoms with Crippen LogP contribution in [0.15, 0.2) is 36.0 Å². The largest absolute Gasteiger partial charge is 0.400 e. The second kappa shape index (κ2) is 23.0. The monoisotopic (exact) mass is 879 g/mol. The summed E-state index contributed by atoms with van der Waals surface area (Å²) in [6.07, 6.45) is 19.1. The van der Waals surface area contributed by atoms with Crippen molar-refractivity contribution < 1.29 is 29.0 Å². The van der Waals surface area contributed by atoms with Gasteiger partial charge in [0.25, 0.3) is 0 Å². The van der Waals surface area contributed by atoms with Crippen molar-refractivity contribution in [1.29, 1.82) is 0 Å². The van der Waals surface area contributed by atoms with E-state index in [2.05, 4.69) is 69.8 Å². The highest BCUT2D eigenvalue weighted by Crippen LogP contribution is 2.54. The van der Waals surface area contributed by atoms with Crippen LogP contribution in [0.4, 0.5) is 22.0 Å². The molecule has 2 amide bonds. The molecule has 6 aliphatic rings. The fourth-order valence-electron chi connectivity index (χ4n) is 9.24. The fraction of sp³-hybridized carbons (Fsp3) is 0.644. The Morgan fingerprint density at radius 1 is 1.03 bits per heavy atom. The molecule has 1 aromatic carbocycles. The van der Waals surface area contributed by atoms with Crippen molar-refractivity contribution in [2.45, 2.75) is 125 Å². The van der Waals surface area contributed by atoms with Gasteiger partial charge in [0.15, 0.2) is 5.82 Å². The molecular formula is C45H67FN10O5S. The average molecular weight is 879 g/mol. The van der Waals surface area contributed by atoms with E-state index in [1.54, 1.807) is 11.8 Å². The molecule has 9 rings (SSSR count). The Labute approximate surface area is 369 Å². The molecule has 3 aliphatic heterocycles. The van der Waals surface area contributed by atoms with Gasteiger partial charge in [0, 0.05) is 76.2 Å². The predicted molar refractivity (Wildman–Crippen MR) is 244 cm³/mol. The third-order valence-electron chi connectivity index (χ3n) is 12.9. The summed E-state index contributed by atoms with van der Waals surface area (Å²) in [6.45, 7) is 4.96. The predicted octanol–water partition coefficient (Wildman–Crippen LogP) is 5.46. The van der Waals surface area contributed by atoms with Gasteiger partial charge in [0.1, 0.15) is 18.3 Å². The Balaban J connectivity index is 0.000000341. The van der Waals surface area contributed by atoms with Gasteiger partial charge in [-0.3, -0.25) is 19.2 Å². The smallest absolute Gasteiger partial charge is 0.236 e. The van der Waals surface area contributed by atoms with E-state index in [0.717, 1.165) is 83.1 Å². The number of aromatic nitrogens is 4. The Kier molecular flexibility index (Phi) is 17.5. The Morgan fingerprint density at radius 3 is 2.47 bits per heavy atom. The van der Waals surface area contributed by atoms with Crippen LogP contribution in [-0.4, -0.2) is 135 Å². The normalized spacial score (nSPS) is 23.5. The van der Waals surface area contributed by atoms with Gasteiger partial charge in [0.2, 0.25) is 18.3 Å². The molecule has 1 spiro atoms. The number of hydrogen-bond acceptors (Lipinski definition) is 13. The average Bonchev–Trinajstić information content (AvgIpc) is 3.97. The number of likely N-dealkylation sites (tertiary alicyclic amines) is 1. The molecular weight excluding hydrogens is 812 g/mol. The summed E-state index contributed by atoms with van der Waals surface area (Å²) in [5.74, 6) is 2.52. The van der Waals surface area contributed by atoms with E-state index in [9.17, 15) is 14.4 Å². The van der Waals surface area contributed by atoms with E-state index in [1.165, 1.54) is 61.4 Å². The number of fused-ring (bicyclic) bond motifs is 3. The number of amides is 2. The molecule has 2 unspecified atom stereocenters. The SMILES string of the molecule is CNc1nn(C)c2cc(C3CCN(CC4=CC(SN5CC[C@H](Nc6ncc7c(n6)NC(=O)C76CC6)C(F)C5)CCC4)CC3)ccc12.CO.O=CCCNC=O.OC1CCCCC1. The number of halogens is 1. The number of aryl methyl sites for hydroxylation is 1. The lowest BCUT2D eigenvalue weighted by Gasteiger charge is -2.37. The summed E-state index contributed by atoms with van der Waals surface area (Å²) < 4.78 is 19.6. The second-order valence-electron chi connectivity index (χ2n) is 17.2. The van der Waals surface area contributed by atoms with E-state index in [0.29, 0.717) is 55.3 Å². The first-order chi connectivity index (χ1) is 30.2. The number of aliphatic hydroxyl groups is 2. The van der Waals surface area contributed by atoms with Crippen LogP contribution in [0.25, 0.3) is 10.9 Å². The first-order valence-electron chi connectivity index (χ1n) is 22.5. The molecule has 0 bridgehead atoms. The van der Waals surface area contributed by atoms with Gasteiger partial charge >= 0.3 is 0 Å². The molecule has 62 heavy (non-hydrogen) atoms. The van der Waals surface area contributed by atoms with Crippen molar-refractivity contribution >= 4 is 59.0 Å². The third kappa shape index (κ3) is 12.1. The standard InChI is InChI=1S/C34H44FN9OS.C6H12O.C4H7NO2.CH4O/c1-36-30-25-7-6-23(17-29(25)42(2)41-30)22-8-13-43(14-9-22)19-21-4-3-5-24(16-21)46-44-15-10-28(27(35)20-44)38-33-37-18-26-31(40-33)39-32(45)34(26)11-12-34;7-6-4-2-1-3-5-6;6-3-1-2-5-4-7;1-2/h6-7,16-18,22,24,27-28H,3-5,8-15,19-20H2,1-2H3,(H,36,41)(H2,37,38,39,40,45);6-7H,1-5H2;3-4H,1-2H2,(H,5,7);2H,1H3/t24?,27?,28-;;;/m0.../s1. The molecule has 2 saturated heterocycles. The van der Waals surface area contributed by atoms with Crippen LogP contribution in [-0.2, 0) is 26.8 Å². The number of piperidine rings is 2. The highest BCUT2D eigenvalue weighted by atomic mass is 32.2. The number of nitrogens with one attached hydrogen (secondary N) is 4. The molecule has 2 saturated carbocycles. The summed E-state index contributed by atoms with van der Waals surface area (Å²) in [6, 6.07) is 6.51. The van der Waals surface area contributed by atoms with Crippen molar-refractivity contribution in [2.24, 2.45) is 7.05 Å². The number of carbonyl (C=O) groups is 3. The maximum Gasteiger partial charge on any atom is 0.236 e. The first-order valence-corrected chi connectivity index (χ1v) is 23.3. The van der Waals surface area contributed by atoms with Crippen LogP contribution in [0.3, 0.4) is 0 Å². The zero-order valence-corrected chi connectivity index (χ0v) is 37.5. The molecule has 340 valence electrons. The lowest BCUT2D eigenvalue weighted by molar-refractivity contribution is -0.118. The Morgan fingerprint density at radius 2 is 1.81 bits per heavy atom. The number of aldehydes is 1. The first kappa shape index (κ1) is 47.3. The van der Waals surface area contributed by atoms with Crippen LogP contribution in [0.1, 0.15) is 107 Å². The quantitative estimate of drug-likeness (QED) is 0.0583. The van der Waals surface area contributed by atoms with Gasteiger partial charge in [0.05, 0.1) is 23.1 Å². The molecule has 4 fully saturated rings. The van der Waals surface area contributed by atoms with Gasteiger partial charge < -0.3 is 36.3 Å². The van der Waals surface area contributed by atoms with Crippen LogP contribution >= 0.6 is 11.9 Å². The third-order valence-corrected chi connectivity index (χ3v) is 14.2. The minimum atomic E-state index is -1.01. The van der Waals surface area contributed by atoms with Crippen LogP contribution < -0.4 is 21.3 Å². The molecule has 2 aromatic heterocycles. The van der Waals surface area contributed by atoms with Gasteiger partial charge in [-0.25, -0.2) is 13.7 Å². The van der Waals surface area contributed by atoms with Crippen LogP contribution in [0.2, 0.25) is 0 Å². The molecule has 5 heterocycles. The maximum absolute atomic E-state index is 15.4. The minimum Gasteiger partial charge on any atom is -0.400 e. The topological polar surface area (TPSA) is 190 Å². The van der Waals surface area contributed by atoms with E-state index >= 15 is 4.39 Å². The number of rotatable bonds is 12. The summed E-state index contributed by atoms with van der Waals surface area (Å²) in [5, 5.41) is 33.7. The van der Waals surface area contributed by atoms with Crippen molar-refractivity contribution in [3.8, 4) is 0 Å². The minimum absolute atomic E-state index is 0.0193. The fourth-order valence-corrected chi connectivity index (χ4v) is 10.6. The van der Waals surface area contributed by atoms with E-state index in [-0.39, 0.29) is 18.1 Å². The Hall–Kier alpha value is -4.16. The molecule has 17 heteroatoms. The highest BCUT2D eigenvalue weighted by Gasteiger charge is 2.57. The summed E-state index contributed by atoms with van der Waals surface area (Å²) in [7, 11) is 4.94. The van der Waals surface area contributed by atoms with Gasteiger partial charge in [-0.1, -0.05) is 48.9 Å². The molecule has 15 nitrogen and oxygen atoms in total. The number of nitrogens with zero attached hydrogens (tertiary/aromatic N) is 6. The number of benzene rings is 1. The molecule has 0 radical (unpaired) electrons. The van der Waals surface area contributed by atoms with Crippen molar-refractivity contribution in [1.82, 2.24) is 34.3 Å². The number of anilines is 3. The summed E-state index contributed by atoms with van der Waals surface area (Å²) in [5.41, 5.74) is 4.64. The van der Waals surface area contributed by atoms with E-state index < -0.39 is 11.6 Å². The van der Waals surface area contributed by atoms with Crippen LogP contribution in [0, 0.1) is 0 Å². The van der Waals surface area contributed by atoms with Crippen molar-refractivity contribution in [3.05, 3.63) is 47.2 Å². The summed E-state index contributed by atoms with van der Waals surface area (Å²) >= 11 is 1.83. The van der Waals surface area contributed by atoms with Gasteiger partial charge in [-0.2, -0.15) is 10.1 Å². The maximum atomic E-state index is 15.4. The zero-order chi connectivity index (χ0) is 44.1. The highest BCUT2D eigenvalue weighted by molar-refractivity contribution is 7.97. The van der Waals surface area contributed by atoms with E-state index in [1.807, 2.05) is 30.7 Å². The molecule has 3 aromatic rings. The number of aliphatic hydroxyl groups excluding tert-OH is 2. The zero-order valence-electron chi connectivity index (χ0n) is 36.7. The molecule has 6 N–H and O–H groups in total. The van der Waals surface area contributed by atoms with Gasteiger partial charge in [-0.05, 0) is 101 Å². The van der Waals surface area contributed by atoms with Crippen molar-refractivity contribution in [2.75, 3.05) is 69.4 Å². The van der Waals surface area contributed by atoms with Crippen molar-refractivity contribution in [3.63, 3.8) is 0 Å².